The van der Waals surface area contributed by atoms with Gasteiger partial charge in [0, 0.05) is 18.2 Å². The Labute approximate surface area is 186 Å². The van der Waals surface area contributed by atoms with Crippen molar-refractivity contribution in [1.29, 1.82) is 0 Å². The minimum atomic E-state index is -4.38. The van der Waals surface area contributed by atoms with Crippen LogP contribution in [0.2, 0.25) is 0 Å². The summed E-state index contributed by atoms with van der Waals surface area (Å²) in [4.78, 5) is 23.4. The Morgan fingerprint density at radius 3 is 2.25 bits per heavy atom. The quantitative estimate of drug-likeness (QED) is 0.338. The zero-order chi connectivity index (χ0) is 24.1. The van der Waals surface area contributed by atoms with Crippen molar-refractivity contribution in [3.05, 3.63) is 64.2 Å². The van der Waals surface area contributed by atoms with Gasteiger partial charge in [-0.2, -0.15) is 4.31 Å². The number of esters is 1. The van der Waals surface area contributed by atoms with Crippen LogP contribution in [0.3, 0.4) is 0 Å². The summed E-state index contributed by atoms with van der Waals surface area (Å²) in [5, 5.41) is 21.4. The Morgan fingerprint density at radius 1 is 1.16 bits per heavy atom. The third kappa shape index (κ3) is 6.02. The van der Waals surface area contributed by atoms with E-state index in [1.165, 1.54) is 55.6 Å². The molecule has 32 heavy (non-hydrogen) atoms. The number of ether oxygens (including phenoxy) is 2. The number of methoxy groups -OCH3 is 1. The topological polar surface area (TPSA) is 136 Å². The number of aliphatic hydroxyl groups is 1. The Bertz CT molecular complexity index is 1060. The molecule has 2 aromatic rings. The summed E-state index contributed by atoms with van der Waals surface area (Å²) in [6.45, 7) is 3.39. The molecule has 2 aromatic carbocycles. The third-order valence-corrected chi connectivity index (χ3v) is 6.25. The zero-order valence-electron chi connectivity index (χ0n) is 18.2. The molecule has 0 aliphatic carbocycles. The van der Waals surface area contributed by atoms with E-state index in [4.69, 9.17) is 9.47 Å². The first kappa shape index (κ1) is 25.2. The van der Waals surface area contributed by atoms with Crippen LogP contribution in [0.5, 0.6) is 5.75 Å². The third-order valence-electron chi connectivity index (χ3n) is 4.38. The maximum atomic E-state index is 13.5. The van der Waals surface area contributed by atoms with Gasteiger partial charge in [-0.05, 0) is 45.0 Å². The van der Waals surface area contributed by atoms with Gasteiger partial charge in [0.05, 0.1) is 23.5 Å². The standard InChI is InChI=1S/C21H26N2O8S/c1-21(2,3)31-20(25)19(14-24)22(13-15-7-5-6-8-18(15)23(26)27)32(28,29)17-11-9-16(30-4)10-12-17/h5-12,19,24H,13-14H2,1-4H3. The van der Waals surface area contributed by atoms with Crippen LogP contribution in [0.4, 0.5) is 5.69 Å². The van der Waals surface area contributed by atoms with E-state index in [1.807, 2.05) is 0 Å². The van der Waals surface area contributed by atoms with Gasteiger partial charge < -0.3 is 14.6 Å². The number of rotatable bonds is 9. The van der Waals surface area contributed by atoms with Gasteiger partial charge in [-0.15, -0.1) is 0 Å². The van der Waals surface area contributed by atoms with Crippen LogP contribution in [0.15, 0.2) is 53.4 Å². The lowest BCUT2D eigenvalue weighted by Crippen LogP contribution is -2.49. The number of benzene rings is 2. The van der Waals surface area contributed by atoms with Crippen molar-refractivity contribution >= 4 is 21.7 Å². The van der Waals surface area contributed by atoms with Crippen molar-refractivity contribution in [2.24, 2.45) is 0 Å². The molecule has 0 radical (unpaired) electrons. The van der Waals surface area contributed by atoms with Crippen LogP contribution in [0, 0.1) is 10.1 Å². The molecule has 0 aromatic heterocycles. The second-order valence-electron chi connectivity index (χ2n) is 7.84. The average molecular weight is 467 g/mol. The first-order valence-electron chi connectivity index (χ1n) is 9.62. The van der Waals surface area contributed by atoms with E-state index in [0.717, 1.165) is 0 Å². The van der Waals surface area contributed by atoms with Crippen molar-refractivity contribution in [1.82, 2.24) is 4.31 Å². The van der Waals surface area contributed by atoms with Gasteiger partial charge in [-0.3, -0.25) is 14.9 Å². The van der Waals surface area contributed by atoms with Gasteiger partial charge in [0.15, 0.2) is 0 Å². The van der Waals surface area contributed by atoms with Gasteiger partial charge in [-0.1, -0.05) is 18.2 Å². The molecule has 0 aliphatic heterocycles. The maximum Gasteiger partial charge on any atom is 0.327 e. The Hall–Kier alpha value is -3.02. The van der Waals surface area contributed by atoms with Crippen molar-refractivity contribution in [3.8, 4) is 5.75 Å². The predicted octanol–water partition coefficient (Wildman–Crippen LogP) is 2.50. The first-order chi connectivity index (χ1) is 14.9. The van der Waals surface area contributed by atoms with E-state index in [-0.39, 0.29) is 16.1 Å². The van der Waals surface area contributed by atoms with Crippen LogP contribution < -0.4 is 4.74 Å². The average Bonchev–Trinajstić information content (AvgIpc) is 2.72. The first-order valence-corrected chi connectivity index (χ1v) is 11.1. The summed E-state index contributed by atoms with van der Waals surface area (Å²) in [7, 11) is -2.96. The Balaban J connectivity index is 2.59. The summed E-state index contributed by atoms with van der Waals surface area (Å²) in [6, 6.07) is 9.38. The van der Waals surface area contributed by atoms with Crippen LogP contribution in [-0.4, -0.2) is 54.1 Å². The highest BCUT2D eigenvalue weighted by molar-refractivity contribution is 7.89. The largest absolute Gasteiger partial charge is 0.497 e. The molecule has 174 valence electrons. The number of hydrogen-bond acceptors (Lipinski definition) is 8. The van der Waals surface area contributed by atoms with Crippen molar-refractivity contribution in [3.63, 3.8) is 0 Å². The summed E-state index contributed by atoms with van der Waals surface area (Å²) in [5.74, 6) is -0.560. The molecule has 1 N–H and O–H groups in total. The number of nitro groups is 1. The molecule has 11 heteroatoms. The minimum absolute atomic E-state index is 0.0524. The normalized spacial score (nSPS) is 12.9. The fourth-order valence-corrected chi connectivity index (χ4v) is 4.44. The number of hydrogen-bond donors (Lipinski definition) is 1. The number of sulfonamides is 1. The van der Waals surface area contributed by atoms with E-state index >= 15 is 0 Å². The fraction of sp³-hybridized carbons (Fsp3) is 0.381. The molecule has 0 saturated carbocycles. The van der Waals surface area contributed by atoms with E-state index in [0.29, 0.717) is 10.1 Å². The molecule has 0 saturated heterocycles. The fourth-order valence-electron chi connectivity index (χ4n) is 2.89. The summed E-state index contributed by atoms with van der Waals surface area (Å²) < 4.78 is 38.0. The highest BCUT2D eigenvalue weighted by atomic mass is 32.2. The molecule has 1 atom stereocenters. The van der Waals surface area contributed by atoms with Gasteiger partial charge in [-0.25, -0.2) is 8.42 Å². The van der Waals surface area contributed by atoms with Crippen LogP contribution in [0.25, 0.3) is 0 Å². The Kier molecular flexibility index (Phi) is 7.94. The van der Waals surface area contributed by atoms with Crippen LogP contribution >= 0.6 is 0 Å². The smallest absolute Gasteiger partial charge is 0.327 e. The summed E-state index contributed by atoms with van der Waals surface area (Å²) >= 11 is 0. The molecule has 10 nitrogen and oxygen atoms in total. The summed E-state index contributed by atoms with van der Waals surface area (Å²) in [5.41, 5.74) is -1.21. The molecule has 0 bridgehead atoms. The SMILES string of the molecule is COc1ccc(S(=O)(=O)N(Cc2ccccc2[N+](=O)[O-])C(CO)C(=O)OC(C)(C)C)cc1. The minimum Gasteiger partial charge on any atom is -0.497 e. The monoisotopic (exact) mass is 466 g/mol. The van der Waals surface area contributed by atoms with Gasteiger partial charge in [0.25, 0.3) is 5.69 Å². The van der Waals surface area contributed by atoms with E-state index in [9.17, 15) is 28.4 Å². The number of carbonyl (C=O) groups excluding carboxylic acids is 1. The van der Waals surface area contributed by atoms with Crippen LogP contribution in [0.1, 0.15) is 26.3 Å². The van der Waals surface area contributed by atoms with Crippen molar-refractivity contribution in [2.75, 3.05) is 13.7 Å². The second kappa shape index (κ2) is 10.1. The molecule has 2 rings (SSSR count). The lowest BCUT2D eigenvalue weighted by atomic mass is 10.1. The number of aliphatic hydroxyl groups excluding tert-OH is 1. The maximum absolute atomic E-state index is 13.5. The van der Waals surface area contributed by atoms with Crippen molar-refractivity contribution in [2.45, 2.75) is 43.9 Å². The van der Waals surface area contributed by atoms with Gasteiger partial charge in [0.1, 0.15) is 17.4 Å². The molecule has 0 fully saturated rings. The summed E-state index contributed by atoms with van der Waals surface area (Å²) in [6.07, 6.45) is 0. The van der Waals surface area contributed by atoms with Crippen LogP contribution in [-0.2, 0) is 26.1 Å². The molecule has 0 aliphatic rings. The van der Waals surface area contributed by atoms with Gasteiger partial charge in [0.2, 0.25) is 10.0 Å². The molecule has 0 amide bonds. The van der Waals surface area contributed by atoms with Crippen molar-refractivity contribution < 1.29 is 32.7 Å². The van der Waals surface area contributed by atoms with E-state index < -0.39 is 45.7 Å². The Morgan fingerprint density at radius 2 is 1.75 bits per heavy atom. The highest BCUT2D eigenvalue weighted by Gasteiger charge is 2.39. The zero-order valence-corrected chi connectivity index (χ0v) is 19.0. The lowest BCUT2D eigenvalue weighted by Gasteiger charge is -2.30. The predicted molar refractivity (Wildman–Crippen MR) is 116 cm³/mol. The number of carbonyl (C=O) groups is 1. The molecular weight excluding hydrogens is 440 g/mol. The molecule has 1 unspecified atom stereocenters. The molecule has 0 heterocycles. The van der Waals surface area contributed by atoms with E-state index in [1.54, 1.807) is 20.8 Å². The van der Waals surface area contributed by atoms with Gasteiger partial charge >= 0.3 is 5.97 Å². The number of nitro benzene ring substituents is 1. The molecule has 0 spiro atoms. The molecular formula is C21H26N2O8S. The lowest BCUT2D eigenvalue weighted by molar-refractivity contribution is -0.385. The highest BCUT2D eigenvalue weighted by Crippen LogP contribution is 2.27. The second-order valence-corrected chi connectivity index (χ2v) is 9.73. The number of nitrogens with zero attached hydrogens (tertiary/aromatic N) is 2. The van der Waals surface area contributed by atoms with E-state index in [2.05, 4.69) is 0 Å². The number of para-hydroxylation sites is 1.